The average Bonchev–Trinajstić information content (AvgIpc) is 3.61. The fourth-order valence-corrected chi connectivity index (χ4v) is 7.51. The number of thiophene rings is 3. The van der Waals surface area contributed by atoms with Crippen LogP contribution in [0.3, 0.4) is 0 Å². The van der Waals surface area contributed by atoms with E-state index in [1.165, 1.54) is 11.3 Å². The second-order valence-corrected chi connectivity index (χ2v) is 11.6. The van der Waals surface area contributed by atoms with Gasteiger partial charge in [0.05, 0.1) is 12.2 Å². The highest BCUT2D eigenvalue weighted by Crippen LogP contribution is 2.40. The van der Waals surface area contributed by atoms with Gasteiger partial charge in [0.2, 0.25) is 0 Å². The monoisotopic (exact) mass is 509 g/mol. The number of nitrogens with zero attached hydrogens (tertiary/aromatic N) is 2. The van der Waals surface area contributed by atoms with Gasteiger partial charge in [-0.2, -0.15) is 0 Å². The summed E-state index contributed by atoms with van der Waals surface area (Å²) in [5.74, 6) is 0.0326. The molecule has 4 aromatic rings. The van der Waals surface area contributed by atoms with Gasteiger partial charge in [-0.3, -0.25) is 9.79 Å². The van der Waals surface area contributed by atoms with Crippen LogP contribution in [0, 0.1) is 0 Å². The van der Waals surface area contributed by atoms with Crippen molar-refractivity contribution >= 4 is 62.4 Å². The molecule has 1 aliphatic carbocycles. The molecular formula is C26H27N3O2S3. The highest BCUT2D eigenvalue weighted by molar-refractivity contribution is 7.21. The molecule has 5 nitrogen and oxygen atoms in total. The van der Waals surface area contributed by atoms with Gasteiger partial charge in [-0.25, -0.2) is 0 Å². The third-order valence-electron chi connectivity index (χ3n) is 6.60. The minimum Gasteiger partial charge on any atom is -0.506 e. The zero-order valence-corrected chi connectivity index (χ0v) is 21.4. The highest BCUT2D eigenvalue weighted by Gasteiger charge is 2.32. The largest absolute Gasteiger partial charge is 0.506 e. The molecule has 34 heavy (non-hydrogen) atoms. The average molecular weight is 510 g/mol. The van der Waals surface area contributed by atoms with Crippen molar-refractivity contribution in [3.63, 3.8) is 0 Å². The lowest BCUT2D eigenvalue weighted by molar-refractivity contribution is 0.0606. The maximum atomic E-state index is 13.9. The van der Waals surface area contributed by atoms with E-state index in [0.29, 0.717) is 17.5 Å². The Bertz CT molecular complexity index is 1310. The lowest BCUT2D eigenvalue weighted by Crippen LogP contribution is -2.44. The van der Waals surface area contributed by atoms with Crippen molar-refractivity contribution in [1.29, 1.82) is 0 Å². The molecule has 1 aliphatic rings. The Balaban J connectivity index is 1.44. The smallest absolute Gasteiger partial charge is 0.268 e. The van der Waals surface area contributed by atoms with E-state index in [1.54, 1.807) is 22.7 Å². The maximum absolute atomic E-state index is 13.9. The molecule has 0 atom stereocenters. The molecule has 1 amide bonds. The zero-order chi connectivity index (χ0) is 23.7. The fourth-order valence-electron chi connectivity index (χ4n) is 4.67. The minimum atomic E-state index is -0.0733. The fraction of sp³-hybridized carbons (Fsp3) is 0.308. The second kappa shape index (κ2) is 10.00. The quantitative estimate of drug-likeness (QED) is 0.266. The van der Waals surface area contributed by atoms with Crippen LogP contribution in [0.2, 0.25) is 0 Å². The van der Waals surface area contributed by atoms with E-state index in [0.717, 1.165) is 56.8 Å². The summed E-state index contributed by atoms with van der Waals surface area (Å²) in [5, 5.41) is 19.1. The third-order valence-corrected chi connectivity index (χ3v) is 9.64. The SMILES string of the molecule is C=Nc1csc(-c2csc(CN(C(=O)c3sc4ccccc4c3O)C3CCC(NC)CC3)c2)c1. The molecule has 1 fully saturated rings. The van der Waals surface area contributed by atoms with Crippen molar-refractivity contribution in [3.8, 4) is 16.2 Å². The van der Waals surface area contributed by atoms with Gasteiger partial charge in [-0.05, 0) is 69.1 Å². The molecule has 0 bridgehead atoms. The van der Waals surface area contributed by atoms with E-state index in [-0.39, 0.29) is 17.7 Å². The van der Waals surface area contributed by atoms with E-state index in [9.17, 15) is 9.90 Å². The predicted octanol–water partition coefficient (Wildman–Crippen LogP) is 6.90. The molecule has 1 saturated carbocycles. The standard InChI is InChI=1S/C26H27N3O2S3/c1-27-17-7-9-19(10-8-17)29(26(31)25-24(30)21-5-3-4-6-22(21)34-25)13-20-11-16(14-32-20)23-12-18(28-2)15-33-23/h3-6,11-12,14-15,17,19,27,30H,2,7-10,13H2,1H3. The van der Waals surface area contributed by atoms with Crippen LogP contribution >= 0.6 is 34.0 Å². The predicted molar refractivity (Wildman–Crippen MR) is 145 cm³/mol. The van der Waals surface area contributed by atoms with Gasteiger partial charge in [0.25, 0.3) is 5.91 Å². The molecule has 0 aliphatic heterocycles. The number of hydrogen-bond acceptors (Lipinski definition) is 7. The normalized spacial score (nSPS) is 18.3. The van der Waals surface area contributed by atoms with Gasteiger partial charge < -0.3 is 15.3 Å². The molecule has 5 rings (SSSR count). The topological polar surface area (TPSA) is 64.9 Å². The van der Waals surface area contributed by atoms with Gasteiger partial charge in [0, 0.05) is 42.9 Å². The van der Waals surface area contributed by atoms with Crippen molar-refractivity contribution in [2.75, 3.05) is 7.05 Å². The van der Waals surface area contributed by atoms with Crippen LogP contribution in [-0.2, 0) is 6.54 Å². The van der Waals surface area contributed by atoms with E-state index >= 15 is 0 Å². The van der Waals surface area contributed by atoms with Crippen LogP contribution < -0.4 is 5.32 Å². The number of fused-ring (bicyclic) bond motifs is 1. The molecule has 2 N–H and O–H groups in total. The van der Waals surface area contributed by atoms with E-state index in [4.69, 9.17) is 0 Å². The molecule has 3 aromatic heterocycles. The van der Waals surface area contributed by atoms with Crippen molar-refractivity contribution in [3.05, 3.63) is 56.9 Å². The van der Waals surface area contributed by atoms with Crippen LogP contribution in [0.4, 0.5) is 5.69 Å². The summed E-state index contributed by atoms with van der Waals surface area (Å²) >= 11 is 4.71. The maximum Gasteiger partial charge on any atom is 0.268 e. The summed E-state index contributed by atoms with van der Waals surface area (Å²) < 4.78 is 0.935. The number of carbonyl (C=O) groups excluding carboxylic acids is 1. The Morgan fingerprint density at radius 2 is 1.97 bits per heavy atom. The van der Waals surface area contributed by atoms with Gasteiger partial charge in [0.15, 0.2) is 0 Å². The van der Waals surface area contributed by atoms with Crippen LogP contribution in [0.15, 0.2) is 52.2 Å². The number of aliphatic imine (C=N–C) groups is 1. The van der Waals surface area contributed by atoms with Crippen LogP contribution in [-0.4, -0.2) is 41.8 Å². The molecule has 0 spiro atoms. The number of amides is 1. The summed E-state index contributed by atoms with van der Waals surface area (Å²) in [4.78, 5) is 22.6. The summed E-state index contributed by atoms with van der Waals surface area (Å²) in [6, 6.07) is 12.5. The third kappa shape index (κ3) is 4.55. The van der Waals surface area contributed by atoms with Gasteiger partial charge in [-0.15, -0.1) is 34.0 Å². The first-order valence-electron chi connectivity index (χ1n) is 11.4. The van der Waals surface area contributed by atoms with Crippen molar-refractivity contribution in [2.45, 2.75) is 44.3 Å². The Hall–Kier alpha value is -2.52. The van der Waals surface area contributed by atoms with E-state index in [1.807, 2.05) is 47.7 Å². The zero-order valence-electron chi connectivity index (χ0n) is 19.0. The molecular weight excluding hydrogens is 483 g/mol. The summed E-state index contributed by atoms with van der Waals surface area (Å²) in [7, 11) is 2.01. The molecule has 176 valence electrons. The Morgan fingerprint density at radius 3 is 2.68 bits per heavy atom. The first-order valence-corrected chi connectivity index (χ1v) is 14.0. The van der Waals surface area contributed by atoms with Gasteiger partial charge >= 0.3 is 0 Å². The lowest BCUT2D eigenvalue weighted by atomic mass is 9.90. The van der Waals surface area contributed by atoms with Gasteiger partial charge in [-0.1, -0.05) is 12.1 Å². The Labute approximate surface area is 211 Å². The first-order chi connectivity index (χ1) is 16.6. The second-order valence-electron chi connectivity index (χ2n) is 8.63. The number of benzene rings is 1. The Morgan fingerprint density at radius 1 is 1.18 bits per heavy atom. The summed E-state index contributed by atoms with van der Waals surface area (Å²) in [5.41, 5.74) is 2.03. The van der Waals surface area contributed by atoms with Crippen LogP contribution in [0.5, 0.6) is 5.75 Å². The summed E-state index contributed by atoms with van der Waals surface area (Å²) in [6.07, 6.45) is 4.01. The van der Waals surface area contributed by atoms with Crippen molar-refractivity contribution in [2.24, 2.45) is 4.99 Å². The van der Waals surface area contributed by atoms with Gasteiger partial charge in [0.1, 0.15) is 10.6 Å². The number of carbonyl (C=O) groups is 1. The van der Waals surface area contributed by atoms with Crippen molar-refractivity contribution < 1.29 is 9.90 Å². The molecule has 0 unspecified atom stereocenters. The number of hydrogen-bond donors (Lipinski definition) is 2. The molecule has 0 radical (unpaired) electrons. The van der Waals surface area contributed by atoms with Crippen molar-refractivity contribution in [1.82, 2.24) is 10.2 Å². The number of nitrogens with one attached hydrogen (secondary N) is 1. The minimum absolute atomic E-state index is 0.0733. The lowest BCUT2D eigenvalue weighted by Gasteiger charge is -2.36. The number of aromatic hydroxyl groups is 1. The Kier molecular flexibility index (Phi) is 6.83. The van der Waals surface area contributed by atoms with E-state index in [2.05, 4.69) is 28.5 Å². The number of rotatable bonds is 7. The van der Waals surface area contributed by atoms with E-state index < -0.39 is 0 Å². The molecule has 1 aromatic carbocycles. The van der Waals surface area contributed by atoms with Crippen LogP contribution in [0.25, 0.3) is 20.5 Å². The first kappa shape index (κ1) is 23.2. The molecule has 3 heterocycles. The molecule has 8 heteroatoms. The van der Waals surface area contributed by atoms with Crippen LogP contribution in [0.1, 0.15) is 40.2 Å². The summed E-state index contributed by atoms with van der Waals surface area (Å²) in [6.45, 7) is 4.15. The molecule has 0 saturated heterocycles. The highest BCUT2D eigenvalue weighted by atomic mass is 32.1.